The summed E-state index contributed by atoms with van der Waals surface area (Å²) in [7, 11) is 3.92. The van der Waals surface area contributed by atoms with Crippen LogP contribution >= 0.6 is 26.3 Å². The van der Waals surface area contributed by atoms with E-state index in [0.29, 0.717) is 5.96 Å². The summed E-state index contributed by atoms with van der Waals surface area (Å²) in [5, 5.41) is 10.9. The van der Waals surface area contributed by atoms with E-state index in [1.165, 1.54) is 73.4 Å². The Balaban J connectivity index is 0.00000541. The molecule has 49 heavy (non-hydrogen) atoms. The van der Waals surface area contributed by atoms with E-state index in [9.17, 15) is 0 Å². The predicted octanol–water partition coefficient (Wildman–Crippen LogP) is 4.59. The van der Waals surface area contributed by atoms with Crippen LogP contribution in [0.5, 0.6) is 5.75 Å². The second-order valence-electron chi connectivity index (χ2n) is 12.9. The summed E-state index contributed by atoms with van der Waals surface area (Å²) in [6, 6.07) is 42.0. The molecule has 0 radical (unpaired) electrons. The van der Waals surface area contributed by atoms with E-state index in [1.54, 1.807) is 0 Å². The van der Waals surface area contributed by atoms with E-state index >= 15 is 0 Å². The zero-order valence-corrected chi connectivity index (χ0v) is 32.7. The molecule has 0 aliphatic carbocycles. The molecule has 0 bridgehead atoms. The summed E-state index contributed by atoms with van der Waals surface area (Å²) in [5.74, 6) is 2.13. The van der Waals surface area contributed by atoms with E-state index in [4.69, 9.17) is 10.5 Å². The molecule has 0 amide bonds. The molecule has 0 saturated carbocycles. The van der Waals surface area contributed by atoms with Gasteiger partial charge in [0.15, 0.2) is 6.17 Å². The fraction of sp³-hybridized carbons (Fsp3) is 0.350. The molecule has 1 aliphatic rings. The minimum Gasteiger partial charge on any atom is -1.00 e. The second kappa shape index (κ2) is 18.7. The maximum atomic E-state index is 6.03. The molecule has 0 spiro atoms. The van der Waals surface area contributed by atoms with Gasteiger partial charge in [-0.3, -0.25) is 9.89 Å². The van der Waals surface area contributed by atoms with Crippen molar-refractivity contribution < 1.29 is 21.7 Å². The molecule has 4 aromatic carbocycles. The van der Waals surface area contributed by atoms with Crippen molar-refractivity contribution in [1.82, 2.24) is 10.6 Å². The minimum absolute atomic E-state index is 0. The van der Waals surface area contributed by atoms with Crippen molar-refractivity contribution in [2.45, 2.75) is 64.0 Å². The van der Waals surface area contributed by atoms with Crippen molar-refractivity contribution in [3.63, 3.8) is 0 Å². The summed E-state index contributed by atoms with van der Waals surface area (Å²) in [4.78, 5) is 4.48. The number of hydrogen-bond acceptors (Lipinski definition) is 3. The van der Waals surface area contributed by atoms with Gasteiger partial charge in [0.2, 0.25) is 0 Å². The molecule has 1 aliphatic heterocycles. The number of unbranched alkanes of at least 4 members (excludes halogenated alkanes) is 8. The van der Waals surface area contributed by atoms with Crippen LogP contribution in [0.3, 0.4) is 0 Å². The first-order chi connectivity index (χ1) is 23.4. The minimum atomic E-state index is -2.64. The van der Waals surface area contributed by atoms with E-state index in [2.05, 4.69) is 141 Å². The number of nitrogens with two attached hydrogens (primary N) is 1. The van der Waals surface area contributed by atoms with Crippen molar-refractivity contribution in [3.05, 3.63) is 121 Å². The Morgan fingerprint density at radius 1 is 0.673 bits per heavy atom. The molecule has 4 aromatic rings. The summed E-state index contributed by atoms with van der Waals surface area (Å²) >= 11 is 2.92. The van der Waals surface area contributed by atoms with Crippen molar-refractivity contribution in [2.75, 3.05) is 26.9 Å². The number of guanidine groups is 2. The Hall–Kier alpha value is -3.13. The van der Waals surface area contributed by atoms with Gasteiger partial charge in [-0.2, -0.15) is 4.99 Å². The van der Waals surface area contributed by atoms with Crippen LogP contribution in [0.1, 0.15) is 69.5 Å². The average molecular weight is 812 g/mol. The van der Waals surface area contributed by atoms with Crippen molar-refractivity contribution in [2.24, 2.45) is 10.7 Å². The van der Waals surface area contributed by atoms with Crippen LogP contribution in [0.4, 0.5) is 0 Å². The van der Waals surface area contributed by atoms with Gasteiger partial charge in [0.25, 0.3) is 5.96 Å². The maximum absolute atomic E-state index is 6.03. The molecule has 4 N–H and O–H groups in total. The van der Waals surface area contributed by atoms with Gasteiger partial charge in [0.1, 0.15) is 5.75 Å². The smallest absolute Gasteiger partial charge is 0.0195 e. The van der Waals surface area contributed by atoms with E-state index in [-0.39, 0.29) is 18.6 Å². The standard InChI is InChI=1S/C40H51IN5OP.ClH/c1-46(2)40-44-38(43-39(42)45-40)33-27-29-34(30-28-33)47-31-19-8-6-4-3-5-7-9-20-32-48(41,35-21-13-10-14-22-35,36-23-15-11-16-24-36)37-25-17-12-18-26-37;/h10-18,21-30,38H,3-9,19-20,31-32H2,1-2H3,(H3,42,43,44,45);1H. The number of aliphatic imine (C=N–C) groups is 1. The average Bonchev–Trinajstić information content (AvgIpc) is 3.13. The van der Waals surface area contributed by atoms with Crippen LogP contribution in [0.2, 0.25) is 0 Å². The summed E-state index contributed by atoms with van der Waals surface area (Å²) in [5.41, 5.74) is 7.02. The summed E-state index contributed by atoms with van der Waals surface area (Å²) in [6.45, 7) is 0.751. The quantitative estimate of drug-likeness (QED) is 0.0632. The molecule has 1 atom stereocenters. The zero-order valence-electron chi connectivity index (χ0n) is 28.9. The molecule has 1 heterocycles. The summed E-state index contributed by atoms with van der Waals surface area (Å²) in [6.07, 6.45) is 12.3. The Labute approximate surface area is 312 Å². The normalized spacial score (nSPS) is 15.1. The Morgan fingerprint density at radius 2 is 1.12 bits per heavy atom. The molecule has 9 heteroatoms. The van der Waals surface area contributed by atoms with Crippen molar-refractivity contribution in [1.29, 1.82) is 0 Å². The first-order valence-electron chi connectivity index (χ1n) is 17.4. The fourth-order valence-corrected chi connectivity index (χ4v) is 15.4. The van der Waals surface area contributed by atoms with E-state index in [0.717, 1.165) is 30.3 Å². The van der Waals surface area contributed by atoms with Crippen LogP contribution in [-0.2, 0) is 0 Å². The Kier molecular flexibility index (Phi) is 14.8. The number of rotatable bonds is 17. The number of hydrogen-bond donors (Lipinski definition) is 3. The topological polar surface area (TPSA) is 74.7 Å². The second-order valence-corrected chi connectivity index (χ2v) is 23.7. The molecule has 0 aromatic heterocycles. The van der Waals surface area contributed by atoms with Gasteiger partial charge in [0.05, 0.1) is 14.1 Å². The molecule has 262 valence electrons. The predicted molar refractivity (Wildman–Crippen MR) is 215 cm³/mol. The van der Waals surface area contributed by atoms with Gasteiger partial charge < -0.3 is 18.1 Å². The Morgan fingerprint density at radius 3 is 1.59 bits per heavy atom. The van der Waals surface area contributed by atoms with Crippen molar-refractivity contribution in [3.8, 4) is 5.75 Å². The molecule has 5 rings (SSSR count). The third-order valence-corrected chi connectivity index (χ3v) is 21.0. The SMILES string of the molecule is C[N+](C)=C1NC(N)=NC(c2ccc(OCCCCCCCCCCCP(I)(c3ccccc3)(c3ccccc3)c3ccccc3)cc2)N1.[Cl-]. The largest absolute Gasteiger partial charge is 1.00 e. The molecule has 1 unspecified atom stereocenters. The third kappa shape index (κ3) is 9.77. The molecular formula is C40H52ClIN5OP. The van der Waals surface area contributed by atoms with Gasteiger partial charge in [-0.15, -0.1) is 0 Å². The number of benzene rings is 4. The number of halogens is 2. The van der Waals surface area contributed by atoms with Gasteiger partial charge in [-0.05, 0) is 24.3 Å². The van der Waals surface area contributed by atoms with Gasteiger partial charge in [-0.1, -0.05) is 0 Å². The van der Waals surface area contributed by atoms with Crippen LogP contribution in [-0.4, -0.2) is 43.4 Å². The van der Waals surface area contributed by atoms with E-state index < -0.39 is 4.25 Å². The summed E-state index contributed by atoms with van der Waals surface area (Å²) < 4.78 is 5.34. The molecule has 6 nitrogen and oxygen atoms in total. The molecular weight excluding hydrogens is 760 g/mol. The van der Waals surface area contributed by atoms with E-state index in [1.807, 2.05) is 30.8 Å². The number of nitrogens with one attached hydrogen (secondary N) is 2. The maximum Gasteiger partial charge on any atom is -0.0195 e. The monoisotopic (exact) mass is 811 g/mol. The Bertz CT molecular complexity index is 1530. The molecule has 0 saturated heterocycles. The number of nitrogens with zero attached hydrogens (tertiary/aromatic N) is 2. The fourth-order valence-electron chi connectivity index (χ4n) is 6.62. The van der Waals surface area contributed by atoms with Crippen LogP contribution in [0, 0.1) is 0 Å². The number of ether oxygens (including phenoxy) is 1. The van der Waals surface area contributed by atoms with Gasteiger partial charge in [-0.25, -0.2) is 5.32 Å². The van der Waals surface area contributed by atoms with Crippen LogP contribution in [0.15, 0.2) is 120 Å². The third-order valence-electron chi connectivity index (χ3n) is 9.31. The first-order valence-corrected chi connectivity index (χ1v) is 22.6. The van der Waals surface area contributed by atoms with Crippen LogP contribution in [0.25, 0.3) is 0 Å². The molecule has 0 fully saturated rings. The zero-order chi connectivity index (χ0) is 33.7. The van der Waals surface area contributed by atoms with Gasteiger partial charge >= 0.3 is 214 Å². The van der Waals surface area contributed by atoms with Gasteiger partial charge in [0, 0.05) is 5.56 Å². The van der Waals surface area contributed by atoms with Crippen LogP contribution < -0.4 is 49.4 Å². The van der Waals surface area contributed by atoms with Crippen molar-refractivity contribution >= 4 is 54.1 Å². The first kappa shape index (κ1) is 38.7.